The van der Waals surface area contributed by atoms with Crippen molar-refractivity contribution >= 4 is 31.9 Å². The molecule has 0 radical (unpaired) electrons. The van der Waals surface area contributed by atoms with Crippen LogP contribution in [-0.4, -0.2) is 4.98 Å². The second kappa shape index (κ2) is 4.87. The Morgan fingerprint density at radius 3 is 2.86 bits per heavy atom. The van der Waals surface area contributed by atoms with Crippen molar-refractivity contribution in [3.05, 3.63) is 26.4 Å². The molecule has 2 N–H and O–H groups in total. The third kappa shape index (κ3) is 2.32. The lowest BCUT2D eigenvalue weighted by molar-refractivity contribution is 0.713. The van der Waals surface area contributed by atoms with Gasteiger partial charge >= 0.3 is 0 Å². The van der Waals surface area contributed by atoms with Gasteiger partial charge in [0, 0.05) is 15.1 Å². The summed E-state index contributed by atoms with van der Waals surface area (Å²) in [5, 5.41) is 8.53. The predicted molar refractivity (Wildman–Crippen MR) is 61.5 cm³/mol. The number of nitriles is 1. The van der Waals surface area contributed by atoms with Gasteiger partial charge in [-0.25, -0.2) is 0 Å². The normalized spacial score (nSPS) is 12.2. The van der Waals surface area contributed by atoms with Crippen molar-refractivity contribution in [3.8, 4) is 6.07 Å². The molecule has 0 aromatic carbocycles. The molecule has 1 aromatic rings. The maximum absolute atomic E-state index is 8.53. The average Bonchev–Trinajstić information content (AvgIpc) is 2.15. The average molecular weight is 319 g/mol. The summed E-state index contributed by atoms with van der Waals surface area (Å²) in [5.41, 5.74) is 7.57. The van der Waals surface area contributed by atoms with Gasteiger partial charge in [-0.05, 0) is 44.3 Å². The van der Waals surface area contributed by atoms with Crippen LogP contribution in [0.5, 0.6) is 0 Å². The molecule has 0 saturated heterocycles. The van der Waals surface area contributed by atoms with Gasteiger partial charge in [0.05, 0.1) is 24.2 Å². The summed E-state index contributed by atoms with van der Waals surface area (Å²) < 4.78 is 1.80. The number of rotatable bonds is 2. The van der Waals surface area contributed by atoms with Crippen LogP contribution in [0.4, 0.5) is 0 Å². The lowest BCUT2D eigenvalue weighted by atomic mass is 10.1. The van der Waals surface area contributed by atoms with Gasteiger partial charge in [0.25, 0.3) is 0 Å². The quantitative estimate of drug-likeness (QED) is 0.912. The van der Waals surface area contributed by atoms with E-state index in [0.29, 0.717) is 0 Å². The van der Waals surface area contributed by atoms with E-state index >= 15 is 0 Å². The number of nitrogens with two attached hydrogens (primary N) is 1. The summed E-state index contributed by atoms with van der Waals surface area (Å²) in [7, 11) is 0. The molecular weight excluding hydrogens is 310 g/mol. The number of aromatic nitrogens is 1. The van der Waals surface area contributed by atoms with Crippen molar-refractivity contribution in [2.45, 2.75) is 19.4 Å². The highest BCUT2D eigenvalue weighted by Gasteiger charge is 2.14. The van der Waals surface area contributed by atoms with Crippen molar-refractivity contribution in [2.75, 3.05) is 0 Å². The van der Waals surface area contributed by atoms with Crippen molar-refractivity contribution < 1.29 is 0 Å². The van der Waals surface area contributed by atoms with Crippen molar-refractivity contribution in [1.82, 2.24) is 4.98 Å². The molecule has 0 aliphatic rings. The standard InChI is InChI=1S/C9H9Br2N3/c1-5-6(10)4-14-9(8(5)11)7(13)2-3-12/h4,7H,2,13H2,1H3/t7-/m1/s1. The van der Waals surface area contributed by atoms with E-state index in [0.717, 1.165) is 20.2 Å². The largest absolute Gasteiger partial charge is 0.322 e. The lowest BCUT2D eigenvalue weighted by Crippen LogP contribution is -2.12. The minimum atomic E-state index is -0.332. The highest BCUT2D eigenvalue weighted by Crippen LogP contribution is 2.29. The number of halogens is 2. The fourth-order valence-electron chi connectivity index (χ4n) is 1.03. The zero-order valence-corrected chi connectivity index (χ0v) is 10.8. The molecule has 0 spiro atoms. The Bertz CT molecular complexity index is 384. The van der Waals surface area contributed by atoms with E-state index in [1.807, 2.05) is 13.0 Å². The summed E-state index contributed by atoms with van der Waals surface area (Å²) in [6.07, 6.45) is 1.97. The Hall–Kier alpha value is -0.440. The van der Waals surface area contributed by atoms with Crippen molar-refractivity contribution in [3.63, 3.8) is 0 Å². The van der Waals surface area contributed by atoms with Crippen LogP contribution in [0.1, 0.15) is 23.7 Å². The maximum Gasteiger partial charge on any atom is 0.0726 e. The molecule has 0 unspecified atom stereocenters. The molecular formula is C9H9Br2N3. The van der Waals surface area contributed by atoms with Crippen LogP contribution in [0, 0.1) is 18.3 Å². The SMILES string of the molecule is Cc1c(Br)cnc([C@H](N)CC#N)c1Br. The first-order valence-corrected chi connectivity index (χ1v) is 5.59. The smallest absolute Gasteiger partial charge is 0.0726 e. The van der Waals surface area contributed by atoms with Crippen molar-refractivity contribution in [2.24, 2.45) is 5.73 Å². The molecule has 0 bridgehead atoms. The molecule has 74 valence electrons. The summed E-state index contributed by atoms with van der Waals surface area (Å²) in [6.45, 7) is 1.96. The minimum absolute atomic E-state index is 0.271. The molecule has 0 aliphatic carbocycles. The third-order valence-corrected chi connectivity index (χ3v) is 3.69. The van der Waals surface area contributed by atoms with E-state index < -0.39 is 0 Å². The fraction of sp³-hybridized carbons (Fsp3) is 0.333. The predicted octanol–water partition coefficient (Wildman–Crippen LogP) is 2.83. The number of nitrogens with zero attached hydrogens (tertiary/aromatic N) is 2. The van der Waals surface area contributed by atoms with Crippen LogP contribution >= 0.6 is 31.9 Å². The van der Waals surface area contributed by atoms with E-state index in [2.05, 4.69) is 36.8 Å². The van der Waals surface area contributed by atoms with E-state index in [1.54, 1.807) is 6.20 Å². The zero-order chi connectivity index (χ0) is 10.7. The maximum atomic E-state index is 8.53. The van der Waals surface area contributed by atoms with Gasteiger partial charge in [-0.1, -0.05) is 0 Å². The lowest BCUT2D eigenvalue weighted by Gasteiger charge is -2.11. The van der Waals surface area contributed by atoms with Crippen LogP contribution in [0.3, 0.4) is 0 Å². The summed E-state index contributed by atoms with van der Waals surface area (Å²) >= 11 is 6.79. The Morgan fingerprint density at radius 1 is 1.64 bits per heavy atom. The Labute approximate surface area is 99.6 Å². The topological polar surface area (TPSA) is 62.7 Å². The monoisotopic (exact) mass is 317 g/mol. The second-order valence-electron chi connectivity index (χ2n) is 2.90. The second-order valence-corrected chi connectivity index (χ2v) is 4.55. The van der Waals surface area contributed by atoms with E-state index in [9.17, 15) is 0 Å². The molecule has 0 saturated carbocycles. The first kappa shape index (κ1) is 11.6. The van der Waals surface area contributed by atoms with Crippen LogP contribution in [-0.2, 0) is 0 Å². The number of hydrogen-bond donors (Lipinski definition) is 1. The molecule has 1 atom stereocenters. The summed E-state index contributed by atoms with van der Waals surface area (Å²) in [6, 6.07) is 1.70. The minimum Gasteiger partial charge on any atom is -0.322 e. The van der Waals surface area contributed by atoms with Crippen LogP contribution in [0.25, 0.3) is 0 Å². The number of hydrogen-bond acceptors (Lipinski definition) is 3. The molecule has 1 heterocycles. The van der Waals surface area contributed by atoms with Crippen molar-refractivity contribution in [1.29, 1.82) is 5.26 Å². The highest BCUT2D eigenvalue weighted by atomic mass is 79.9. The zero-order valence-electron chi connectivity index (χ0n) is 7.59. The molecule has 1 aromatic heterocycles. The van der Waals surface area contributed by atoms with Crippen LogP contribution in [0.2, 0.25) is 0 Å². The van der Waals surface area contributed by atoms with Gasteiger partial charge in [0.1, 0.15) is 0 Å². The van der Waals surface area contributed by atoms with E-state index in [4.69, 9.17) is 11.0 Å². The van der Waals surface area contributed by atoms with Gasteiger partial charge in [-0.3, -0.25) is 4.98 Å². The molecule has 3 nitrogen and oxygen atoms in total. The Kier molecular flexibility index (Phi) is 4.05. The molecule has 1 rings (SSSR count). The summed E-state index contributed by atoms with van der Waals surface area (Å²) in [5.74, 6) is 0. The van der Waals surface area contributed by atoms with Gasteiger partial charge in [0.2, 0.25) is 0 Å². The molecule has 5 heteroatoms. The molecule has 0 fully saturated rings. The van der Waals surface area contributed by atoms with Crippen LogP contribution in [0.15, 0.2) is 15.1 Å². The number of pyridine rings is 1. The molecule has 14 heavy (non-hydrogen) atoms. The van der Waals surface area contributed by atoms with Crippen LogP contribution < -0.4 is 5.73 Å². The van der Waals surface area contributed by atoms with Gasteiger partial charge in [0.15, 0.2) is 0 Å². The first-order chi connectivity index (χ1) is 6.57. The Morgan fingerprint density at radius 2 is 2.29 bits per heavy atom. The van der Waals surface area contributed by atoms with Gasteiger partial charge < -0.3 is 5.73 Å². The summed E-state index contributed by atoms with van der Waals surface area (Å²) in [4.78, 5) is 4.19. The molecule has 0 amide bonds. The third-order valence-electron chi connectivity index (χ3n) is 1.89. The molecule has 0 aliphatic heterocycles. The Balaban J connectivity index is 3.12. The van der Waals surface area contributed by atoms with Gasteiger partial charge in [-0.2, -0.15) is 5.26 Å². The highest BCUT2D eigenvalue weighted by molar-refractivity contribution is 9.11. The van der Waals surface area contributed by atoms with Gasteiger partial charge in [-0.15, -0.1) is 0 Å². The van der Waals surface area contributed by atoms with E-state index in [1.165, 1.54) is 0 Å². The fourth-order valence-corrected chi connectivity index (χ4v) is 2.21. The first-order valence-electron chi connectivity index (χ1n) is 4.01. The van der Waals surface area contributed by atoms with E-state index in [-0.39, 0.29) is 12.5 Å².